The number of aliphatic hydroxyl groups excluding tert-OH is 1. The molecule has 2 N–H and O–H groups in total. The van der Waals surface area contributed by atoms with E-state index in [1.165, 1.54) is 5.39 Å². The van der Waals surface area contributed by atoms with Crippen molar-refractivity contribution >= 4 is 22.7 Å². The van der Waals surface area contributed by atoms with Crippen LogP contribution in [0.1, 0.15) is 31.2 Å². The minimum absolute atomic E-state index is 0.00487. The molecule has 0 aliphatic carbocycles. The maximum absolute atomic E-state index is 12.9. The van der Waals surface area contributed by atoms with Gasteiger partial charge in [0, 0.05) is 49.7 Å². The standard InChI is InChI=1S/C21H27N3O3/c25-13-12-23-10-3-8-21(20(23)27)9-11-24(15-21)19(26)7-6-16-14-22-18-5-2-1-4-17(16)18/h1-2,4-5,14,22,25H,3,6-13,15H2/t21-/m0/s1. The number of aromatic nitrogens is 1. The van der Waals surface area contributed by atoms with E-state index in [9.17, 15) is 14.7 Å². The third-order valence-corrected chi connectivity index (χ3v) is 6.18. The highest BCUT2D eigenvalue weighted by Gasteiger charge is 2.49. The van der Waals surface area contributed by atoms with Gasteiger partial charge in [-0.05, 0) is 37.3 Å². The molecule has 2 fully saturated rings. The zero-order valence-corrected chi connectivity index (χ0v) is 15.6. The minimum atomic E-state index is -0.427. The Labute approximate surface area is 159 Å². The lowest BCUT2D eigenvalue weighted by atomic mass is 9.78. The number of aryl methyl sites for hydroxylation is 1. The second-order valence-electron chi connectivity index (χ2n) is 7.82. The molecule has 2 aliphatic heterocycles. The number of rotatable bonds is 5. The van der Waals surface area contributed by atoms with E-state index < -0.39 is 5.41 Å². The Morgan fingerprint density at radius 1 is 1.22 bits per heavy atom. The second-order valence-corrected chi connectivity index (χ2v) is 7.82. The van der Waals surface area contributed by atoms with E-state index in [1.54, 1.807) is 4.90 Å². The monoisotopic (exact) mass is 369 g/mol. The van der Waals surface area contributed by atoms with Gasteiger partial charge >= 0.3 is 0 Å². The Morgan fingerprint density at radius 2 is 2.07 bits per heavy atom. The fourth-order valence-corrected chi connectivity index (χ4v) is 4.69. The van der Waals surface area contributed by atoms with Crippen molar-refractivity contribution in [1.82, 2.24) is 14.8 Å². The zero-order valence-electron chi connectivity index (χ0n) is 15.6. The van der Waals surface area contributed by atoms with Crippen molar-refractivity contribution in [2.45, 2.75) is 32.1 Å². The quantitative estimate of drug-likeness (QED) is 0.846. The van der Waals surface area contributed by atoms with Gasteiger partial charge in [0.2, 0.25) is 11.8 Å². The fraction of sp³-hybridized carbons (Fsp3) is 0.524. The van der Waals surface area contributed by atoms with Crippen molar-refractivity contribution in [2.75, 3.05) is 32.8 Å². The van der Waals surface area contributed by atoms with Crippen LogP contribution in [0.25, 0.3) is 10.9 Å². The van der Waals surface area contributed by atoms with Gasteiger partial charge in [-0.15, -0.1) is 0 Å². The highest BCUT2D eigenvalue weighted by Crippen LogP contribution is 2.40. The van der Waals surface area contributed by atoms with E-state index in [-0.39, 0.29) is 18.4 Å². The number of fused-ring (bicyclic) bond motifs is 1. The number of hydrogen-bond donors (Lipinski definition) is 2. The number of nitrogens with one attached hydrogen (secondary N) is 1. The molecule has 6 heteroatoms. The summed E-state index contributed by atoms with van der Waals surface area (Å²) >= 11 is 0. The Hall–Kier alpha value is -2.34. The summed E-state index contributed by atoms with van der Waals surface area (Å²) in [6.07, 6.45) is 5.69. The topological polar surface area (TPSA) is 76.6 Å². The molecule has 0 bridgehead atoms. The molecule has 1 aromatic carbocycles. The molecule has 2 aliphatic rings. The molecular formula is C21H27N3O3. The SMILES string of the molecule is O=C(CCc1c[nH]c2ccccc12)N1CC[C@@]2(CCCN(CCO)C2=O)C1. The third-order valence-electron chi connectivity index (χ3n) is 6.18. The zero-order chi connectivity index (χ0) is 18.9. The van der Waals surface area contributed by atoms with Gasteiger partial charge < -0.3 is 19.9 Å². The molecule has 0 saturated carbocycles. The summed E-state index contributed by atoms with van der Waals surface area (Å²) in [7, 11) is 0. The number of amides is 2. The first kappa shape index (κ1) is 18.0. The molecule has 0 radical (unpaired) electrons. The van der Waals surface area contributed by atoms with E-state index in [1.807, 2.05) is 29.3 Å². The predicted molar refractivity (Wildman–Crippen MR) is 103 cm³/mol. The van der Waals surface area contributed by atoms with E-state index in [2.05, 4.69) is 11.1 Å². The van der Waals surface area contributed by atoms with Crippen LogP contribution in [-0.2, 0) is 16.0 Å². The first-order valence-electron chi connectivity index (χ1n) is 9.86. The van der Waals surface area contributed by atoms with Crippen LogP contribution in [0.15, 0.2) is 30.5 Å². The van der Waals surface area contributed by atoms with Crippen molar-refractivity contribution in [1.29, 1.82) is 0 Å². The van der Waals surface area contributed by atoms with Crippen molar-refractivity contribution < 1.29 is 14.7 Å². The molecule has 1 aromatic heterocycles. The summed E-state index contributed by atoms with van der Waals surface area (Å²) in [5, 5.41) is 10.4. The van der Waals surface area contributed by atoms with E-state index >= 15 is 0 Å². The molecule has 4 rings (SSSR count). The van der Waals surface area contributed by atoms with Gasteiger partial charge in [-0.3, -0.25) is 9.59 Å². The molecule has 2 aromatic rings. The Balaban J connectivity index is 1.38. The average molecular weight is 369 g/mol. The summed E-state index contributed by atoms with van der Waals surface area (Å²) in [6.45, 7) is 2.30. The maximum Gasteiger partial charge on any atom is 0.230 e. The lowest BCUT2D eigenvalue weighted by Crippen LogP contribution is -2.51. The van der Waals surface area contributed by atoms with E-state index in [0.29, 0.717) is 32.5 Å². The molecule has 27 heavy (non-hydrogen) atoms. The summed E-state index contributed by atoms with van der Waals surface area (Å²) in [4.78, 5) is 32.5. The van der Waals surface area contributed by atoms with Crippen LogP contribution in [0.2, 0.25) is 0 Å². The summed E-state index contributed by atoms with van der Waals surface area (Å²) in [5.41, 5.74) is 1.83. The molecule has 2 saturated heterocycles. The Morgan fingerprint density at radius 3 is 2.93 bits per heavy atom. The van der Waals surface area contributed by atoms with Crippen LogP contribution < -0.4 is 0 Å². The van der Waals surface area contributed by atoms with Crippen LogP contribution in [0.4, 0.5) is 0 Å². The van der Waals surface area contributed by atoms with Crippen molar-refractivity contribution in [3.8, 4) is 0 Å². The van der Waals surface area contributed by atoms with Crippen LogP contribution >= 0.6 is 0 Å². The number of aliphatic hydroxyl groups is 1. The number of piperidine rings is 1. The molecule has 2 amide bonds. The number of aromatic amines is 1. The third kappa shape index (κ3) is 3.34. The molecule has 1 atom stereocenters. The number of carbonyl (C=O) groups excluding carboxylic acids is 2. The predicted octanol–water partition coefficient (Wildman–Crippen LogP) is 1.93. The van der Waals surface area contributed by atoms with Crippen molar-refractivity contribution in [3.63, 3.8) is 0 Å². The maximum atomic E-state index is 12.9. The van der Waals surface area contributed by atoms with Gasteiger partial charge in [-0.2, -0.15) is 0 Å². The van der Waals surface area contributed by atoms with Gasteiger partial charge in [-0.1, -0.05) is 18.2 Å². The van der Waals surface area contributed by atoms with Crippen LogP contribution in [0, 0.1) is 5.41 Å². The summed E-state index contributed by atoms with van der Waals surface area (Å²) in [5.74, 6) is 0.249. The number of β-amino-alcohol motifs (C(OH)–C–C–N with tert-alkyl or cyclic N) is 1. The number of hydrogen-bond acceptors (Lipinski definition) is 3. The van der Waals surface area contributed by atoms with Crippen LogP contribution in [-0.4, -0.2) is 64.5 Å². The molecule has 3 heterocycles. The average Bonchev–Trinajstić information content (AvgIpc) is 3.29. The Kier molecular flexibility index (Phi) is 4.91. The van der Waals surface area contributed by atoms with Gasteiger partial charge in [0.05, 0.1) is 12.0 Å². The number of para-hydroxylation sites is 1. The fourth-order valence-electron chi connectivity index (χ4n) is 4.69. The summed E-state index contributed by atoms with van der Waals surface area (Å²) in [6, 6.07) is 8.13. The van der Waals surface area contributed by atoms with Crippen molar-refractivity contribution in [2.24, 2.45) is 5.41 Å². The van der Waals surface area contributed by atoms with Gasteiger partial charge in [0.25, 0.3) is 0 Å². The molecule has 144 valence electrons. The lowest BCUT2D eigenvalue weighted by molar-refractivity contribution is -0.146. The largest absolute Gasteiger partial charge is 0.395 e. The molecule has 1 spiro atoms. The van der Waals surface area contributed by atoms with Crippen LogP contribution in [0.5, 0.6) is 0 Å². The van der Waals surface area contributed by atoms with E-state index in [0.717, 1.165) is 36.9 Å². The minimum Gasteiger partial charge on any atom is -0.395 e. The molecular weight excluding hydrogens is 342 g/mol. The Bertz CT molecular complexity index is 844. The lowest BCUT2D eigenvalue weighted by Gasteiger charge is -2.39. The number of benzene rings is 1. The number of H-pyrrole nitrogens is 1. The van der Waals surface area contributed by atoms with Crippen LogP contribution in [0.3, 0.4) is 0 Å². The summed E-state index contributed by atoms with van der Waals surface area (Å²) < 4.78 is 0. The number of nitrogens with zero attached hydrogens (tertiary/aromatic N) is 2. The normalized spacial score (nSPS) is 22.9. The van der Waals surface area contributed by atoms with E-state index in [4.69, 9.17) is 0 Å². The van der Waals surface area contributed by atoms with Crippen molar-refractivity contribution in [3.05, 3.63) is 36.0 Å². The van der Waals surface area contributed by atoms with Gasteiger partial charge in [0.1, 0.15) is 0 Å². The number of likely N-dealkylation sites (tertiary alicyclic amines) is 2. The highest BCUT2D eigenvalue weighted by atomic mass is 16.3. The molecule has 6 nitrogen and oxygen atoms in total. The highest BCUT2D eigenvalue weighted by molar-refractivity contribution is 5.87. The number of carbonyl (C=O) groups is 2. The molecule has 0 unspecified atom stereocenters. The van der Waals surface area contributed by atoms with Gasteiger partial charge in [-0.25, -0.2) is 0 Å². The first-order valence-corrected chi connectivity index (χ1v) is 9.86. The first-order chi connectivity index (χ1) is 13.1. The van der Waals surface area contributed by atoms with Gasteiger partial charge in [0.15, 0.2) is 0 Å². The smallest absolute Gasteiger partial charge is 0.230 e. The second kappa shape index (κ2) is 7.35.